The van der Waals surface area contributed by atoms with Gasteiger partial charge in [0.05, 0.1) is 19.6 Å². The lowest BCUT2D eigenvalue weighted by atomic mass is 10.1. The summed E-state index contributed by atoms with van der Waals surface area (Å²) < 4.78 is 28.5. The van der Waals surface area contributed by atoms with Gasteiger partial charge in [-0.15, -0.1) is 0 Å². The van der Waals surface area contributed by atoms with E-state index >= 15 is 0 Å². The molecular weight excluding hydrogens is 353 g/mol. The van der Waals surface area contributed by atoms with E-state index in [1.807, 2.05) is 6.92 Å². The molecule has 2 aromatic rings. The van der Waals surface area contributed by atoms with Crippen molar-refractivity contribution in [3.05, 3.63) is 59.9 Å². The predicted molar refractivity (Wildman–Crippen MR) is 97.2 cm³/mol. The van der Waals surface area contributed by atoms with E-state index in [2.05, 4.69) is 5.32 Å². The Morgan fingerprint density at radius 1 is 0.963 bits per heavy atom. The van der Waals surface area contributed by atoms with Gasteiger partial charge in [0.25, 0.3) is 5.91 Å². The van der Waals surface area contributed by atoms with Crippen molar-refractivity contribution in [2.24, 2.45) is 0 Å². The molecule has 1 N–H and O–H groups in total. The quantitative estimate of drug-likeness (QED) is 0.510. The van der Waals surface area contributed by atoms with E-state index in [1.165, 1.54) is 24.3 Å². The van der Waals surface area contributed by atoms with E-state index in [9.17, 15) is 14.0 Å². The van der Waals surface area contributed by atoms with E-state index in [0.29, 0.717) is 17.9 Å². The van der Waals surface area contributed by atoms with Crippen LogP contribution in [0, 0.1) is 5.82 Å². The van der Waals surface area contributed by atoms with Gasteiger partial charge >= 0.3 is 5.97 Å². The van der Waals surface area contributed by atoms with Crippen molar-refractivity contribution >= 4 is 11.9 Å². The zero-order valence-electron chi connectivity index (χ0n) is 15.1. The van der Waals surface area contributed by atoms with E-state index in [-0.39, 0.29) is 32.0 Å². The van der Waals surface area contributed by atoms with Crippen molar-refractivity contribution < 1.29 is 28.2 Å². The summed E-state index contributed by atoms with van der Waals surface area (Å²) in [5.74, 6) is 0.0816. The third-order valence-corrected chi connectivity index (χ3v) is 3.45. The highest BCUT2D eigenvalue weighted by Crippen LogP contribution is 2.17. The molecule has 0 unspecified atom stereocenters. The lowest BCUT2D eigenvalue weighted by Crippen LogP contribution is -2.32. The van der Waals surface area contributed by atoms with Gasteiger partial charge in [-0.05, 0) is 48.9 Å². The molecule has 0 aliphatic carbocycles. The van der Waals surface area contributed by atoms with Gasteiger partial charge in [-0.2, -0.15) is 0 Å². The number of hydrogen-bond donors (Lipinski definition) is 1. The molecule has 0 aliphatic rings. The number of hydrogen-bond acceptors (Lipinski definition) is 5. The normalized spacial score (nSPS) is 10.1. The Hall–Kier alpha value is -3.09. The lowest BCUT2D eigenvalue weighted by Gasteiger charge is -2.09. The fourth-order valence-corrected chi connectivity index (χ4v) is 2.18. The third-order valence-electron chi connectivity index (χ3n) is 3.45. The number of benzene rings is 2. The molecule has 7 heteroatoms. The van der Waals surface area contributed by atoms with Crippen LogP contribution in [0.2, 0.25) is 0 Å². The van der Waals surface area contributed by atoms with Gasteiger partial charge in [0.1, 0.15) is 23.9 Å². The maximum absolute atomic E-state index is 12.8. The standard InChI is InChI=1S/C20H22FNO5/c1-2-25-17-7-9-18(10-8-17)26-12-11-22-19(23)14-27-20(24)13-15-3-5-16(21)6-4-15/h3-10H,2,11-14H2,1H3,(H,22,23). The maximum atomic E-state index is 12.8. The van der Waals surface area contributed by atoms with Crippen molar-refractivity contribution in [3.8, 4) is 11.5 Å². The summed E-state index contributed by atoms with van der Waals surface area (Å²) >= 11 is 0. The average Bonchev–Trinajstić information content (AvgIpc) is 2.67. The monoisotopic (exact) mass is 375 g/mol. The van der Waals surface area contributed by atoms with Crippen LogP contribution in [0.5, 0.6) is 11.5 Å². The molecule has 0 saturated heterocycles. The molecule has 0 fully saturated rings. The van der Waals surface area contributed by atoms with Crippen molar-refractivity contribution in [2.75, 3.05) is 26.4 Å². The van der Waals surface area contributed by atoms with Crippen LogP contribution in [-0.4, -0.2) is 38.2 Å². The second-order valence-electron chi connectivity index (χ2n) is 5.57. The molecule has 0 bridgehead atoms. The Labute approximate surface area is 157 Å². The van der Waals surface area contributed by atoms with E-state index in [1.54, 1.807) is 24.3 Å². The number of amides is 1. The molecule has 1 amide bonds. The summed E-state index contributed by atoms with van der Waals surface area (Å²) in [6.45, 7) is 2.70. The van der Waals surface area contributed by atoms with Crippen LogP contribution in [0.1, 0.15) is 12.5 Å². The second-order valence-corrected chi connectivity index (χ2v) is 5.57. The first-order valence-corrected chi connectivity index (χ1v) is 8.59. The summed E-state index contributed by atoms with van der Waals surface area (Å²) in [6.07, 6.45) is -0.0194. The summed E-state index contributed by atoms with van der Waals surface area (Å²) in [5, 5.41) is 2.60. The van der Waals surface area contributed by atoms with E-state index < -0.39 is 11.9 Å². The highest BCUT2D eigenvalue weighted by atomic mass is 19.1. The van der Waals surface area contributed by atoms with Gasteiger partial charge in [0, 0.05) is 0 Å². The molecule has 0 spiro atoms. The van der Waals surface area contributed by atoms with Crippen LogP contribution in [0.3, 0.4) is 0 Å². The number of carbonyl (C=O) groups excluding carboxylic acids is 2. The van der Waals surface area contributed by atoms with Gasteiger partial charge in [0.2, 0.25) is 0 Å². The van der Waals surface area contributed by atoms with E-state index in [0.717, 1.165) is 5.75 Å². The topological polar surface area (TPSA) is 73.9 Å². The van der Waals surface area contributed by atoms with Crippen LogP contribution in [0.25, 0.3) is 0 Å². The summed E-state index contributed by atoms with van der Waals surface area (Å²) in [6, 6.07) is 12.7. The second kappa shape index (κ2) is 10.8. The molecule has 2 aromatic carbocycles. The smallest absolute Gasteiger partial charge is 0.310 e. The van der Waals surface area contributed by atoms with Crippen molar-refractivity contribution in [1.29, 1.82) is 0 Å². The molecule has 0 heterocycles. The maximum Gasteiger partial charge on any atom is 0.310 e. The van der Waals surface area contributed by atoms with Crippen molar-refractivity contribution in [3.63, 3.8) is 0 Å². The first kappa shape index (κ1) is 20.2. The largest absolute Gasteiger partial charge is 0.494 e. The molecule has 0 radical (unpaired) electrons. The molecule has 27 heavy (non-hydrogen) atoms. The Kier molecular flexibility index (Phi) is 8.09. The highest BCUT2D eigenvalue weighted by molar-refractivity contribution is 5.81. The fraction of sp³-hybridized carbons (Fsp3) is 0.300. The van der Waals surface area contributed by atoms with Crippen molar-refractivity contribution in [1.82, 2.24) is 5.32 Å². The van der Waals surface area contributed by atoms with E-state index in [4.69, 9.17) is 14.2 Å². The SMILES string of the molecule is CCOc1ccc(OCCNC(=O)COC(=O)Cc2ccc(F)cc2)cc1. The molecular formula is C20H22FNO5. The summed E-state index contributed by atoms with van der Waals surface area (Å²) in [7, 11) is 0. The number of esters is 1. The Bertz CT molecular complexity index is 731. The highest BCUT2D eigenvalue weighted by Gasteiger charge is 2.08. The summed E-state index contributed by atoms with van der Waals surface area (Å²) in [4.78, 5) is 23.3. The Morgan fingerprint density at radius 2 is 1.59 bits per heavy atom. The van der Waals surface area contributed by atoms with Crippen molar-refractivity contribution in [2.45, 2.75) is 13.3 Å². The number of halogens is 1. The van der Waals surface area contributed by atoms with Gasteiger partial charge in [-0.1, -0.05) is 12.1 Å². The molecule has 0 atom stereocenters. The van der Waals surface area contributed by atoms with Crippen LogP contribution in [0.4, 0.5) is 4.39 Å². The molecule has 144 valence electrons. The zero-order valence-corrected chi connectivity index (χ0v) is 15.1. The molecule has 0 aliphatic heterocycles. The number of ether oxygens (including phenoxy) is 3. The van der Waals surface area contributed by atoms with Crippen LogP contribution in [0.15, 0.2) is 48.5 Å². The molecule has 0 aromatic heterocycles. The molecule has 2 rings (SSSR count). The first-order chi connectivity index (χ1) is 13.1. The van der Waals surface area contributed by atoms with Crippen LogP contribution >= 0.6 is 0 Å². The minimum absolute atomic E-state index is 0.0194. The van der Waals surface area contributed by atoms with Crippen LogP contribution in [-0.2, 0) is 20.7 Å². The zero-order chi connectivity index (χ0) is 19.5. The number of nitrogens with one attached hydrogen (secondary N) is 1. The molecule has 0 saturated carbocycles. The fourth-order valence-electron chi connectivity index (χ4n) is 2.18. The van der Waals surface area contributed by atoms with Gasteiger partial charge in [-0.25, -0.2) is 4.39 Å². The Morgan fingerprint density at radius 3 is 2.22 bits per heavy atom. The minimum atomic E-state index is -0.553. The van der Waals surface area contributed by atoms with Crippen LogP contribution < -0.4 is 14.8 Å². The lowest BCUT2D eigenvalue weighted by molar-refractivity contribution is -0.147. The number of carbonyl (C=O) groups is 2. The predicted octanol–water partition coefficient (Wildman–Crippen LogP) is 2.51. The van der Waals surface area contributed by atoms with Gasteiger partial charge in [0.15, 0.2) is 6.61 Å². The Balaban J connectivity index is 1.59. The third kappa shape index (κ3) is 7.77. The van der Waals surface area contributed by atoms with Gasteiger partial charge in [-0.3, -0.25) is 9.59 Å². The minimum Gasteiger partial charge on any atom is -0.494 e. The van der Waals surface area contributed by atoms with Gasteiger partial charge < -0.3 is 19.5 Å². The number of rotatable bonds is 10. The summed E-state index contributed by atoms with van der Waals surface area (Å²) in [5.41, 5.74) is 0.616. The molecule has 6 nitrogen and oxygen atoms in total. The average molecular weight is 375 g/mol. The first-order valence-electron chi connectivity index (χ1n) is 8.59.